The predicted octanol–water partition coefficient (Wildman–Crippen LogP) is 0.308. The summed E-state index contributed by atoms with van der Waals surface area (Å²) in [4.78, 5) is 51.4. The Morgan fingerprint density at radius 3 is 2.09 bits per heavy atom. The Hall–Kier alpha value is -3.13. The van der Waals surface area contributed by atoms with Crippen LogP contribution in [0.3, 0.4) is 0 Å². The number of carbonyl (C=O) groups excluding carboxylic acids is 3. The maximum absolute atomic E-state index is 13.5. The lowest BCUT2D eigenvalue weighted by Crippen LogP contribution is -2.45. The average Bonchev–Trinajstić information content (AvgIpc) is 3.54. The van der Waals surface area contributed by atoms with Gasteiger partial charge in [0.05, 0.1) is 25.7 Å². The lowest BCUT2D eigenvalue weighted by Gasteiger charge is -2.23. The number of nitrogens with one attached hydrogen (secondary N) is 2. The number of nitrogens with zero attached hydrogens (tertiary/aromatic N) is 1. The Balaban J connectivity index is 1.41. The molecule has 2 aliphatic heterocycles. The van der Waals surface area contributed by atoms with Gasteiger partial charge in [0, 0.05) is 40.8 Å². The first kappa shape index (κ1) is 32.8. The van der Waals surface area contributed by atoms with Crippen molar-refractivity contribution in [3.8, 4) is 0 Å². The van der Waals surface area contributed by atoms with Gasteiger partial charge < -0.3 is 40.0 Å². The van der Waals surface area contributed by atoms with Gasteiger partial charge in [-0.25, -0.2) is 0 Å². The zero-order valence-electron chi connectivity index (χ0n) is 23.4. The molecule has 228 valence electrons. The molecule has 0 fully saturated rings. The minimum absolute atomic E-state index is 0.0247. The number of carbonyl (C=O) groups is 4. The fraction of sp³-hybridized carbons (Fsp3) is 0.407. The van der Waals surface area contributed by atoms with Crippen molar-refractivity contribution in [2.45, 2.75) is 39.4 Å². The van der Waals surface area contributed by atoms with Crippen molar-refractivity contribution in [3.05, 3.63) is 56.6 Å². The Morgan fingerprint density at radius 1 is 0.907 bits per heavy atom. The van der Waals surface area contributed by atoms with E-state index in [2.05, 4.69) is 10.6 Å². The Morgan fingerprint density at radius 2 is 1.49 bits per heavy atom. The zero-order valence-corrected chi connectivity index (χ0v) is 24.9. The van der Waals surface area contributed by atoms with E-state index in [1.165, 1.54) is 29.2 Å². The first-order valence-electron chi connectivity index (χ1n) is 13.8. The molecule has 16 heteroatoms. The van der Waals surface area contributed by atoms with Gasteiger partial charge in [0.25, 0.3) is 11.8 Å². The smallest absolute Gasteiger partial charge is 0.481 e. The molecule has 0 unspecified atom stereocenters. The number of carboxylic acids is 1. The van der Waals surface area contributed by atoms with Gasteiger partial charge in [-0.1, -0.05) is 36.5 Å². The van der Waals surface area contributed by atoms with Gasteiger partial charge in [0.15, 0.2) is 0 Å². The summed E-state index contributed by atoms with van der Waals surface area (Å²) in [6.45, 7) is 1.75. The van der Waals surface area contributed by atoms with Crippen LogP contribution in [-0.4, -0.2) is 84.2 Å². The summed E-state index contributed by atoms with van der Waals surface area (Å²) in [5.74, 6) is -2.85. The fourth-order valence-corrected chi connectivity index (χ4v) is 5.38. The van der Waals surface area contributed by atoms with Gasteiger partial charge in [0.2, 0.25) is 5.91 Å². The number of hydrogen-bond donors (Lipinski definition) is 5. The molecule has 0 spiro atoms. The third-order valence-electron chi connectivity index (χ3n) is 7.37. The molecule has 0 saturated carbocycles. The van der Waals surface area contributed by atoms with Crippen LogP contribution in [0.25, 0.3) is 0 Å². The minimum Gasteiger partial charge on any atom is -0.481 e. The summed E-state index contributed by atoms with van der Waals surface area (Å²) < 4.78 is 10.4. The summed E-state index contributed by atoms with van der Waals surface area (Å²) >= 11 is 12.6. The standard InChI is InChI=1S/C27H31B2Cl2N3O9/c1-15(27(38)39)4-2-3-5-32-24(35)12-34(26(37)17-9-21-19(23(31)11-17)14-43-29(21)41)7-6-33-25(36)16-8-20-18(22(30)10-16)13-42-28(20)40/h8-11,15,40-41H,2-7,12-14H2,1H3,(H,32,35)(H,33,36)(H,38,39)/t15-/m0/s1. The van der Waals surface area contributed by atoms with Gasteiger partial charge in [-0.2, -0.15) is 0 Å². The molecule has 2 aromatic rings. The molecule has 0 saturated heterocycles. The highest BCUT2D eigenvalue weighted by atomic mass is 35.5. The van der Waals surface area contributed by atoms with Crippen molar-refractivity contribution in [3.63, 3.8) is 0 Å². The summed E-state index contributed by atoms with van der Waals surface area (Å²) in [7, 11) is -2.42. The Labute approximate surface area is 258 Å². The van der Waals surface area contributed by atoms with Crippen molar-refractivity contribution >= 4 is 72.1 Å². The second-order valence-corrected chi connectivity index (χ2v) is 11.3. The van der Waals surface area contributed by atoms with Crippen LogP contribution < -0.4 is 21.6 Å². The second-order valence-electron chi connectivity index (χ2n) is 10.4. The van der Waals surface area contributed by atoms with E-state index in [1.54, 1.807) is 6.92 Å². The number of rotatable bonds is 13. The quantitative estimate of drug-likeness (QED) is 0.154. The number of aliphatic carboxylic acids is 1. The number of amides is 3. The van der Waals surface area contributed by atoms with E-state index < -0.39 is 43.8 Å². The summed E-state index contributed by atoms with van der Waals surface area (Å²) in [6, 6.07) is 5.86. The SMILES string of the molecule is C[C@@H](CCCCNC(=O)CN(CCNC(=O)c1cc(Cl)c2c(c1)B(O)OC2)C(=O)c1cc(Cl)c2c(c1)B(O)OC2)C(=O)O. The summed E-state index contributed by atoms with van der Waals surface area (Å²) in [6.07, 6.45) is 1.65. The predicted molar refractivity (Wildman–Crippen MR) is 160 cm³/mol. The highest BCUT2D eigenvalue weighted by Gasteiger charge is 2.32. The average molecular weight is 634 g/mol. The molecule has 5 N–H and O–H groups in total. The van der Waals surface area contributed by atoms with Crippen molar-refractivity contribution in [2.75, 3.05) is 26.2 Å². The van der Waals surface area contributed by atoms with Crippen LogP contribution in [0.4, 0.5) is 0 Å². The van der Waals surface area contributed by atoms with E-state index in [1.807, 2.05) is 0 Å². The molecule has 12 nitrogen and oxygen atoms in total. The highest BCUT2D eigenvalue weighted by Crippen LogP contribution is 2.23. The van der Waals surface area contributed by atoms with Gasteiger partial charge in [-0.05, 0) is 59.2 Å². The molecule has 0 aliphatic carbocycles. The first-order chi connectivity index (χ1) is 20.5. The second kappa shape index (κ2) is 14.6. The number of fused-ring (bicyclic) bond motifs is 2. The van der Waals surface area contributed by atoms with E-state index >= 15 is 0 Å². The molecule has 2 aliphatic rings. The normalized spacial score (nSPS) is 14.3. The number of halogens is 2. The van der Waals surface area contributed by atoms with E-state index in [0.29, 0.717) is 47.9 Å². The van der Waals surface area contributed by atoms with Gasteiger partial charge in [-0.3, -0.25) is 19.2 Å². The van der Waals surface area contributed by atoms with Crippen molar-refractivity contribution in [1.82, 2.24) is 15.5 Å². The van der Waals surface area contributed by atoms with Crippen LogP contribution in [0.1, 0.15) is 58.0 Å². The largest absolute Gasteiger partial charge is 0.491 e. The zero-order chi connectivity index (χ0) is 31.3. The first-order valence-corrected chi connectivity index (χ1v) is 14.5. The summed E-state index contributed by atoms with van der Waals surface area (Å²) in [5.41, 5.74) is 2.28. The van der Waals surface area contributed by atoms with Crippen LogP contribution in [0.2, 0.25) is 10.0 Å². The van der Waals surface area contributed by atoms with Crippen LogP contribution in [-0.2, 0) is 32.1 Å². The third kappa shape index (κ3) is 8.08. The maximum Gasteiger partial charge on any atom is 0.491 e. The third-order valence-corrected chi connectivity index (χ3v) is 8.04. The molecule has 4 rings (SSSR count). The molecule has 0 radical (unpaired) electrons. The number of unbranched alkanes of at least 4 members (excludes halogenated alkanes) is 1. The van der Waals surface area contributed by atoms with Crippen LogP contribution in [0, 0.1) is 5.92 Å². The molecule has 0 bridgehead atoms. The van der Waals surface area contributed by atoms with Crippen LogP contribution >= 0.6 is 23.2 Å². The number of carboxylic acid groups (broad SMARTS) is 1. The van der Waals surface area contributed by atoms with Gasteiger partial charge in [0.1, 0.15) is 0 Å². The van der Waals surface area contributed by atoms with Gasteiger partial charge in [-0.15, -0.1) is 0 Å². The van der Waals surface area contributed by atoms with Gasteiger partial charge >= 0.3 is 20.2 Å². The molecule has 2 heterocycles. The maximum atomic E-state index is 13.5. The Bertz CT molecular complexity index is 1410. The van der Waals surface area contributed by atoms with Crippen molar-refractivity contribution < 1.29 is 43.6 Å². The monoisotopic (exact) mass is 633 g/mol. The van der Waals surface area contributed by atoms with Crippen molar-refractivity contribution in [2.24, 2.45) is 5.92 Å². The molecule has 0 aromatic heterocycles. The minimum atomic E-state index is -1.23. The lowest BCUT2D eigenvalue weighted by molar-refractivity contribution is -0.141. The molecule has 43 heavy (non-hydrogen) atoms. The van der Waals surface area contributed by atoms with E-state index in [0.717, 1.165) is 0 Å². The molecular formula is C27H31B2Cl2N3O9. The van der Waals surface area contributed by atoms with E-state index in [9.17, 15) is 29.2 Å². The van der Waals surface area contributed by atoms with E-state index in [4.69, 9.17) is 37.6 Å². The summed E-state index contributed by atoms with van der Waals surface area (Å²) in [5, 5.41) is 35.1. The lowest BCUT2D eigenvalue weighted by atomic mass is 9.78. The molecule has 3 amide bonds. The van der Waals surface area contributed by atoms with E-state index in [-0.39, 0.29) is 54.0 Å². The van der Waals surface area contributed by atoms with Crippen molar-refractivity contribution in [1.29, 1.82) is 0 Å². The fourth-order valence-electron chi connectivity index (χ4n) is 4.82. The topological polar surface area (TPSA) is 175 Å². The molecular weight excluding hydrogens is 603 g/mol. The number of benzene rings is 2. The number of hydrogen-bond acceptors (Lipinski definition) is 8. The highest BCUT2D eigenvalue weighted by molar-refractivity contribution is 6.62. The van der Waals surface area contributed by atoms with Crippen LogP contribution in [0.15, 0.2) is 24.3 Å². The van der Waals surface area contributed by atoms with Crippen LogP contribution in [0.5, 0.6) is 0 Å². The molecule has 2 aromatic carbocycles. The Kier molecular flexibility index (Phi) is 11.1. The molecule has 1 atom stereocenters.